The Labute approximate surface area is 141 Å². The number of ether oxygens (including phenoxy) is 2. The largest absolute Gasteiger partial charge is 0.493 e. The molecule has 126 valence electrons. The maximum absolute atomic E-state index is 11.9. The van der Waals surface area contributed by atoms with Gasteiger partial charge in [0.05, 0.1) is 14.2 Å². The van der Waals surface area contributed by atoms with Crippen LogP contribution in [0.4, 0.5) is 5.69 Å². The van der Waals surface area contributed by atoms with E-state index in [0.29, 0.717) is 30.3 Å². The number of hydrogen-bond acceptors (Lipinski definition) is 5. The molecule has 6 heteroatoms. The summed E-state index contributed by atoms with van der Waals surface area (Å²) in [4.78, 5) is 16.0. The van der Waals surface area contributed by atoms with Gasteiger partial charge < -0.3 is 20.1 Å². The predicted octanol–water partition coefficient (Wildman–Crippen LogP) is 2.63. The van der Waals surface area contributed by atoms with Crippen molar-refractivity contribution in [2.45, 2.75) is 6.54 Å². The van der Waals surface area contributed by atoms with Crippen molar-refractivity contribution in [2.75, 3.05) is 26.1 Å². The van der Waals surface area contributed by atoms with Gasteiger partial charge in [0.1, 0.15) is 5.69 Å². The lowest BCUT2D eigenvalue weighted by Gasteiger charge is -2.11. The van der Waals surface area contributed by atoms with Crippen LogP contribution >= 0.6 is 0 Å². The van der Waals surface area contributed by atoms with Crippen LogP contribution in [-0.4, -0.2) is 31.7 Å². The second-order valence-corrected chi connectivity index (χ2v) is 4.97. The summed E-state index contributed by atoms with van der Waals surface area (Å²) in [6.07, 6.45) is 3.22. The van der Waals surface area contributed by atoms with E-state index >= 15 is 0 Å². The quantitative estimate of drug-likeness (QED) is 0.729. The fraction of sp³-hybridized carbons (Fsp3) is 0.222. The molecule has 0 bridgehead atoms. The molecule has 1 heterocycles. The van der Waals surface area contributed by atoms with E-state index in [-0.39, 0.29) is 5.91 Å². The summed E-state index contributed by atoms with van der Waals surface area (Å²) >= 11 is 0. The molecule has 0 atom stereocenters. The lowest BCUT2D eigenvalue weighted by atomic mass is 10.2. The first-order valence-corrected chi connectivity index (χ1v) is 7.48. The Morgan fingerprint density at radius 1 is 1.21 bits per heavy atom. The third-order valence-electron chi connectivity index (χ3n) is 3.34. The van der Waals surface area contributed by atoms with E-state index in [0.717, 1.165) is 11.3 Å². The summed E-state index contributed by atoms with van der Waals surface area (Å²) in [5.74, 6) is 1.13. The van der Waals surface area contributed by atoms with Gasteiger partial charge in [-0.15, -0.1) is 6.58 Å². The fourth-order valence-electron chi connectivity index (χ4n) is 2.11. The van der Waals surface area contributed by atoms with Gasteiger partial charge in [0.2, 0.25) is 0 Å². The molecule has 0 fully saturated rings. The van der Waals surface area contributed by atoms with Crippen LogP contribution in [0.2, 0.25) is 0 Å². The SMILES string of the molecule is C=CCNC(=O)c1cc(NCc2ccc(OC)c(OC)c2)ccn1. The molecule has 0 aliphatic rings. The highest BCUT2D eigenvalue weighted by molar-refractivity contribution is 5.93. The number of methoxy groups -OCH3 is 2. The van der Waals surface area contributed by atoms with Gasteiger partial charge in [0, 0.05) is 25.0 Å². The molecule has 0 spiro atoms. The molecule has 0 radical (unpaired) electrons. The average Bonchev–Trinajstić information content (AvgIpc) is 2.64. The normalized spacial score (nSPS) is 9.92. The van der Waals surface area contributed by atoms with Crippen LogP contribution in [0.3, 0.4) is 0 Å². The molecule has 0 aliphatic heterocycles. The van der Waals surface area contributed by atoms with Crippen molar-refractivity contribution >= 4 is 11.6 Å². The highest BCUT2D eigenvalue weighted by atomic mass is 16.5. The first-order chi connectivity index (χ1) is 11.7. The van der Waals surface area contributed by atoms with Crippen LogP contribution in [0.15, 0.2) is 49.2 Å². The number of nitrogens with one attached hydrogen (secondary N) is 2. The van der Waals surface area contributed by atoms with Crippen molar-refractivity contribution in [3.63, 3.8) is 0 Å². The lowest BCUT2D eigenvalue weighted by molar-refractivity contribution is 0.0953. The molecule has 1 aromatic heterocycles. The number of hydrogen-bond donors (Lipinski definition) is 2. The van der Waals surface area contributed by atoms with E-state index in [2.05, 4.69) is 22.2 Å². The van der Waals surface area contributed by atoms with Crippen molar-refractivity contribution in [2.24, 2.45) is 0 Å². The molecule has 1 amide bonds. The summed E-state index contributed by atoms with van der Waals surface area (Å²) in [6, 6.07) is 9.23. The molecular formula is C18H21N3O3. The smallest absolute Gasteiger partial charge is 0.270 e. The first kappa shape index (κ1) is 17.3. The topological polar surface area (TPSA) is 72.5 Å². The number of rotatable bonds is 8. The van der Waals surface area contributed by atoms with E-state index in [1.54, 1.807) is 32.6 Å². The average molecular weight is 327 g/mol. The Kier molecular flexibility index (Phi) is 6.19. The number of carbonyl (C=O) groups is 1. The van der Waals surface area contributed by atoms with E-state index in [1.807, 2.05) is 24.3 Å². The van der Waals surface area contributed by atoms with Crippen LogP contribution in [0.25, 0.3) is 0 Å². The maximum atomic E-state index is 11.9. The molecule has 24 heavy (non-hydrogen) atoms. The number of carbonyl (C=O) groups excluding carboxylic acids is 1. The number of aromatic nitrogens is 1. The summed E-state index contributed by atoms with van der Waals surface area (Å²) < 4.78 is 10.5. The maximum Gasteiger partial charge on any atom is 0.270 e. The minimum absolute atomic E-state index is 0.232. The minimum atomic E-state index is -0.232. The van der Waals surface area contributed by atoms with Crippen molar-refractivity contribution in [1.29, 1.82) is 0 Å². The van der Waals surface area contributed by atoms with Crippen molar-refractivity contribution < 1.29 is 14.3 Å². The van der Waals surface area contributed by atoms with Gasteiger partial charge in [-0.3, -0.25) is 9.78 Å². The van der Waals surface area contributed by atoms with Gasteiger partial charge in [-0.25, -0.2) is 0 Å². The van der Waals surface area contributed by atoms with Crippen LogP contribution in [0.5, 0.6) is 11.5 Å². The van der Waals surface area contributed by atoms with Gasteiger partial charge >= 0.3 is 0 Å². The van der Waals surface area contributed by atoms with Crippen LogP contribution in [-0.2, 0) is 6.54 Å². The highest BCUT2D eigenvalue weighted by Gasteiger charge is 2.07. The molecule has 2 N–H and O–H groups in total. The fourth-order valence-corrected chi connectivity index (χ4v) is 2.11. The molecular weight excluding hydrogens is 306 g/mol. The van der Waals surface area contributed by atoms with Gasteiger partial charge in [0.15, 0.2) is 11.5 Å². The van der Waals surface area contributed by atoms with Crippen LogP contribution in [0, 0.1) is 0 Å². The molecule has 0 saturated carbocycles. The van der Waals surface area contributed by atoms with Crippen molar-refractivity contribution in [3.05, 3.63) is 60.4 Å². The highest BCUT2D eigenvalue weighted by Crippen LogP contribution is 2.27. The number of benzene rings is 1. The summed E-state index contributed by atoms with van der Waals surface area (Å²) in [7, 11) is 3.21. The molecule has 6 nitrogen and oxygen atoms in total. The summed E-state index contributed by atoms with van der Waals surface area (Å²) in [5, 5.41) is 5.96. The van der Waals surface area contributed by atoms with Crippen molar-refractivity contribution in [3.8, 4) is 11.5 Å². The number of nitrogens with zero attached hydrogens (tertiary/aromatic N) is 1. The Balaban J connectivity index is 2.04. The van der Waals surface area contributed by atoms with E-state index in [9.17, 15) is 4.79 Å². The monoisotopic (exact) mass is 327 g/mol. The Morgan fingerprint density at radius 2 is 2.00 bits per heavy atom. The molecule has 2 rings (SSSR count). The summed E-state index contributed by atoms with van der Waals surface area (Å²) in [6.45, 7) is 4.55. The Hall–Kier alpha value is -3.02. The molecule has 0 saturated heterocycles. The van der Waals surface area contributed by atoms with E-state index in [4.69, 9.17) is 9.47 Å². The number of anilines is 1. The zero-order valence-corrected chi connectivity index (χ0v) is 13.8. The predicted molar refractivity (Wildman–Crippen MR) is 93.6 cm³/mol. The van der Waals surface area contributed by atoms with Gasteiger partial charge in [-0.2, -0.15) is 0 Å². The van der Waals surface area contributed by atoms with Gasteiger partial charge in [0.25, 0.3) is 5.91 Å². The molecule has 0 unspecified atom stereocenters. The minimum Gasteiger partial charge on any atom is -0.493 e. The third-order valence-corrected chi connectivity index (χ3v) is 3.34. The van der Waals surface area contributed by atoms with Gasteiger partial charge in [-0.05, 0) is 29.8 Å². The van der Waals surface area contributed by atoms with Crippen LogP contribution < -0.4 is 20.1 Å². The summed E-state index contributed by atoms with van der Waals surface area (Å²) in [5.41, 5.74) is 2.19. The second-order valence-electron chi connectivity index (χ2n) is 4.97. The van der Waals surface area contributed by atoms with E-state index < -0.39 is 0 Å². The van der Waals surface area contributed by atoms with E-state index in [1.165, 1.54) is 0 Å². The Morgan fingerprint density at radius 3 is 2.71 bits per heavy atom. The molecule has 0 aliphatic carbocycles. The molecule has 2 aromatic rings. The number of amides is 1. The zero-order valence-electron chi connectivity index (χ0n) is 13.8. The molecule has 1 aromatic carbocycles. The van der Waals surface area contributed by atoms with Crippen LogP contribution in [0.1, 0.15) is 16.1 Å². The zero-order chi connectivity index (χ0) is 17.4. The lowest BCUT2D eigenvalue weighted by Crippen LogP contribution is -2.24. The standard InChI is InChI=1S/C18H21N3O3/c1-4-8-20-18(22)15-11-14(7-9-19-15)21-12-13-5-6-16(23-2)17(10-13)24-3/h4-7,9-11H,1,8,12H2,2-3H3,(H,19,21)(H,20,22). The third kappa shape index (κ3) is 4.49. The van der Waals surface area contributed by atoms with Crippen molar-refractivity contribution in [1.82, 2.24) is 10.3 Å². The van der Waals surface area contributed by atoms with Gasteiger partial charge in [-0.1, -0.05) is 12.1 Å². The number of pyridine rings is 1. The Bertz CT molecular complexity index is 716. The first-order valence-electron chi connectivity index (χ1n) is 7.48. The second kappa shape index (κ2) is 8.57.